The highest BCUT2D eigenvalue weighted by Crippen LogP contribution is 2.25. The van der Waals surface area contributed by atoms with Crippen molar-refractivity contribution < 1.29 is 4.74 Å². The molecule has 0 saturated carbocycles. The van der Waals surface area contributed by atoms with E-state index in [1.54, 1.807) is 18.5 Å². The van der Waals surface area contributed by atoms with E-state index >= 15 is 0 Å². The molecule has 4 aromatic rings. The molecule has 2 aromatic carbocycles. The maximum atomic E-state index is 5.65. The summed E-state index contributed by atoms with van der Waals surface area (Å²) in [6.07, 6.45) is 3.29. The average molecular weight is 288 g/mol. The summed E-state index contributed by atoms with van der Waals surface area (Å²) in [6, 6.07) is 17.7. The van der Waals surface area contributed by atoms with E-state index in [2.05, 4.69) is 19.9 Å². The van der Waals surface area contributed by atoms with Crippen LogP contribution in [0, 0.1) is 0 Å². The lowest BCUT2D eigenvalue weighted by Gasteiger charge is -2.04. The van der Waals surface area contributed by atoms with Crippen LogP contribution in [0.4, 0.5) is 0 Å². The van der Waals surface area contributed by atoms with Crippen molar-refractivity contribution in [2.75, 3.05) is 0 Å². The lowest BCUT2D eigenvalue weighted by molar-refractivity contribution is 0.442. The number of aromatic amines is 1. The van der Waals surface area contributed by atoms with Crippen molar-refractivity contribution >= 4 is 11.0 Å². The molecule has 0 aliphatic carbocycles. The van der Waals surface area contributed by atoms with Crippen LogP contribution in [-0.4, -0.2) is 19.9 Å². The summed E-state index contributed by atoms with van der Waals surface area (Å²) in [7, 11) is 0. The minimum absolute atomic E-state index is 0.323. The number of aromatic nitrogens is 4. The topological polar surface area (TPSA) is 63.7 Å². The quantitative estimate of drug-likeness (QED) is 0.622. The molecule has 0 aliphatic heterocycles. The largest absolute Gasteiger partial charge is 0.424 e. The molecular weight excluding hydrogens is 276 g/mol. The van der Waals surface area contributed by atoms with Crippen molar-refractivity contribution in [3.63, 3.8) is 0 Å². The number of nitrogens with zero attached hydrogens (tertiary/aromatic N) is 3. The Morgan fingerprint density at radius 2 is 1.73 bits per heavy atom. The number of H-pyrrole nitrogens is 1. The summed E-state index contributed by atoms with van der Waals surface area (Å²) in [4.78, 5) is 16.0. The maximum absolute atomic E-state index is 5.65. The van der Waals surface area contributed by atoms with Crippen molar-refractivity contribution in [2.24, 2.45) is 0 Å². The number of rotatable bonds is 3. The number of hydrogen-bond acceptors (Lipinski definition) is 4. The third-order valence-electron chi connectivity index (χ3n) is 3.25. The van der Waals surface area contributed by atoms with Gasteiger partial charge in [-0.15, -0.1) is 0 Å². The first-order valence-electron chi connectivity index (χ1n) is 6.88. The predicted octanol–water partition coefficient (Wildman–Crippen LogP) is 3.81. The zero-order chi connectivity index (χ0) is 14.8. The molecule has 1 N–H and O–H groups in total. The van der Waals surface area contributed by atoms with Crippen LogP contribution in [0.2, 0.25) is 0 Å². The van der Waals surface area contributed by atoms with E-state index in [0.29, 0.717) is 11.8 Å². The van der Waals surface area contributed by atoms with Crippen molar-refractivity contribution in [1.29, 1.82) is 0 Å². The lowest BCUT2D eigenvalue weighted by Crippen LogP contribution is -1.90. The van der Waals surface area contributed by atoms with Gasteiger partial charge in [-0.25, -0.2) is 15.0 Å². The van der Waals surface area contributed by atoms with Gasteiger partial charge in [0, 0.05) is 18.0 Å². The van der Waals surface area contributed by atoms with E-state index in [9.17, 15) is 0 Å². The molecular formula is C17H12N4O. The monoisotopic (exact) mass is 288 g/mol. The molecule has 0 spiro atoms. The van der Waals surface area contributed by atoms with Gasteiger partial charge in [-0.3, -0.25) is 0 Å². The summed E-state index contributed by atoms with van der Waals surface area (Å²) in [6.45, 7) is 0. The van der Waals surface area contributed by atoms with E-state index < -0.39 is 0 Å². The van der Waals surface area contributed by atoms with Gasteiger partial charge in [0.15, 0.2) is 0 Å². The van der Waals surface area contributed by atoms with Gasteiger partial charge < -0.3 is 9.72 Å². The first kappa shape index (κ1) is 12.5. The Morgan fingerprint density at radius 1 is 0.864 bits per heavy atom. The average Bonchev–Trinajstić information content (AvgIpc) is 3.00. The first-order valence-corrected chi connectivity index (χ1v) is 6.88. The van der Waals surface area contributed by atoms with Crippen LogP contribution >= 0.6 is 0 Å². The maximum Gasteiger partial charge on any atom is 0.321 e. The van der Waals surface area contributed by atoms with E-state index in [4.69, 9.17) is 4.74 Å². The van der Waals surface area contributed by atoms with Gasteiger partial charge in [-0.05, 0) is 30.3 Å². The summed E-state index contributed by atoms with van der Waals surface area (Å²) in [5.74, 6) is 1.48. The molecule has 0 aliphatic rings. The number of imidazole rings is 1. The standard InChI is InChI=1S/C17H12N4O/c1-2-8-15-14(7-1)20-16(21-15)12-5-3-6-13(11-12)22-17-18-9-4-10-19-17/h1-11H,(H,20,21). The Morgan fingerprint density at radius 3 is 2.59 bits per heavy atom. The molecule has 5 nitrogen and oxygen atoms in total. The molecule has 0 unspecified atom stereocenters. The van der Waals surface area contributed by atoms with Crippen LogP contribution < -0.4 is 4.74 Å². The van der Waals surface area contributed by atoms with Crippen LogP contribution in [0.15, 0.2) is 67.0 Å². The summed E-state index contributed by atoms with van der Waals surface area (Å²) in [5, 5.41) is 0. The molecule has 0 bridgehead atoms. The van der Waals surface area contributed by atoms with E-state index in [1.807, 2.05) is 48.5 Å². The Bertz CT molecular complexity index is 885. The van der Waals surface area contributed by atoms with Crippen molar-refractivity contribution in [1.82, 2.24) is 19.9 Å². The lowest BCUT2D eigenvalue weighted by atomic mass is 10.2. The fraction of sp³-hybridized carbons (Fsp3) is 0. The molecule has 2 aromatic heterocycles. The second-order valence-electron chi connectivity index (χ2n) is 4.76. The minimum Gasteiger partial charge on any atom is -0.424 e. The van der Waals surface area contributed by atoms with Gasteiger partial charge >= 0.3 is 6.01 Å². The molecule has 5 heteroatoms. The zero-order valence-corrected chi connectivity index (χ0v) is 11.6. The number of para-hydroxylation sites is 2. The van der Waals surface area contributed by atoms with Crippen LogP contribution in [0.1, 0.15) is 0 Å². The third kappa shape index (κ3) is 2.40. The predicted molar refractivity (Wildman–Crippen MR) is 83.6 cm³/mol. The van der Waals surface area contributed by atoms with Gasteiger partial charge in [0.2, 0.25) is 0 Å². The van der Waals surface area contributed by atoms with Crippen LogP contribution in [-0.2, 0) is 0 Å². The molecule has 2 heterocycles. The van der Waals surface area contributed by atoms with E-state index in [-0.39, 0.29) is 0 Å². The van der Waals surface area contributed by atoms with Gasteiger partial charge in [-0.1, -0.05) is 24.3 Å². The normalized spacial score (nSPS) is 10.7. The zero-order valence-electron chi connectivity index (χ0n) is 11.6. The smallest absolute Gasteiger partial charge is 0.321 e. The molecule has 0 saturated heterocycles. The van der Waals surface area contributed by atoms with Crippen LogP contribution in [0.3, 0.4) is 0 Å². The highest BCUT2D eigenvalue weighted by atomic mass is 16.5. The third-order valence-corrected chi connectivity index (χ3v) is 3.25. The van der Waals surface area contributed by atoms with Crippen LogP contribution in [0.5, 0.6) is 11.8 Å². The molecule has 0 radical (unpaired) electrons. The minimum atomic E-state index is 0.323. The number of hydrogen-bond donors (Lipinski definition) is 1. The molecule has 0 fully saturated rings. The van der Waals surface area contributed by atoms with Crippen molar-refractivity contribution in [3.8, 4) is 23.1 Å². The fourth-order valence-electron chi connectivity index (χ4n) is 2.24. The number of fused-ring (bicyclic) bond motifs is 1. The highest BCUT2D eigenvalue weighted by Gasteiger charge is 2.07. The summed E-state index contributed by atoms with van der Waals surface area (Å²) < 4.78 is 5.65. The molecule has 106 valence electrons. The fourth-order valence-corrected chi connectivity index (χ4v) is 2.24. The summed E-state index contributed by atoms with van der Waals surface area (Å²) >= 11 is 0. The molecule has 4 rings (SSSR count). The van der Waals surface area contributed by atoms with Gasteiger partial charge in [0.25, 0.3) is 0 Å². The number of benzene rings is 2. The molecule has 22 heavy (non-hydrogen) atoms. The summed E-state index contributed by atoms with van der Waals surface area (Å²) in [5.41, 5.74) is 2.90. The van der Waals surface area contributed by atoms with E-state index in [1.165, 1.54) is 0 Å². The number of ether oxygens (including phenoxy) is 1. The van der Waals surface area contributed by atoms with Gasteiger partial charge in [0.1, 0.15) is 11.6 Å². The molecule has 0 amide bonds. The number of nitrogens with one attached hydrogen (secondary N) is 1. The Kier molecular flexibility index (Phi) is 3.01. The van der Waals surface area contributed by atoms with Crippen molar-refractivity contribution in [2.45, 2.75) is 0 Å². The van der Waals surface area contributed by atoms with E-state index in [0.717, 1.165) is 22.4 Å². The van der Waals surface area contributed by atoms with Crippen LogP contribution in [0.25, 0.3) is 22.4 Å². The highest BCUT2D eigenvalue weighted by molar-refractivity contribution is 5.79. The second kappa shape index (κ2) is 5.29. The second-order valence-corrected chi connectivity index (χ2v) is 4.76. The Balaban J connectivity index is 1.69. The Hall–Kier alpha value is -3.21. The van der Waals surface area contributed by atoms with Gasteiger partial charge in [0.05, 0.1) is 11.0 Å². The first-order chi connectivity index (χ1) is 10.9. The van der Waals surface area contributed by atoms with Gasteiger partial charge in [-0.2, -0.15) is 0 Å². The Labute approximate surface area is 126 Å². The van der Waals surface area contributed by atoms with Crippen molar-refractivity contribution in [3.05, 3.63) is 67.0 Å². The molecule has 0 atom stereocenters. The SMILES string of the molecule is c1cnc(Oc2cccc(-c3nc4ccccc4[nH]3)c2)nc1.